The molecule has 150 valence electrons. The van der Waals surface area contributed by atoms with Crippen LogP contribution in [-0.4, -0.2) is 41.6 Å². The Balaban J connectivity index is 1.90. The zero-order chi connectivity index (χ0) is 20.1. The molecule has 28 heavy (non-hydrogen) atoms. The van der Waals surface area contributed by atoms with E-state index in [0.717, 1.165) is 48.2 Å². The molecule has 7 nitrogen and oxygen atoms in total. The fourth-order valence-corrected chi connectivity index (χ4v) is 3.62. The fourth-order valence-electron chi connectivity index (χ4n) is 3.62. The van der Waals surface area contributed by atoms with Crippen molar-refractivity contribution in [3.8, 4) is 0 Å². The highest BCUT2D eigenvalue weighted by Crippen LogP contribution is 2.25. The number of benzene rings is 1. The highest BCUT2D eigenvalue weighted by molar-refractivity contribution is 6.05. The topological polar surface area (TPSA) is 85.2 Å². The van der Waals surface area contributed by atoms with E-state index in [4.69, 9.17) is 4.74 Å². The Bertz CT molecular complexity index is 873. The van der Waals surface area contributed by atoms with Crippen molar-refractivity contribution in [2.45, 2.75) is 46.1 Å². The van der Waals surface area contributed by atoms with Gasteiger partial charge < -0.3 is 19.9 Å². The Kier molecular flexibility index (Phi) is 6.46. The molecule has 0 aliphatic carbocycles. The molecule has 7 heteroatoms. The molecule has 1 aliphatic rings. The van der Waals surface area contributed by atoms with E-state index in [0.29, 0.717) is 31.2 Å². The van der Waals surface area contributed by atoms with E-state index in [1.54, 1.807) is 7.11 Å². The minimum atomic E-state index is -0.274. The summed E-state index contributed by atoms with van der Waals surface area (Å²) in [6.07, 6.45) is 3.53. The summed E-state index contributed by atoms with van der Waals surface area (Å²) < 4.78 is 6.87. The minimum absolute atomic E-state index is 0.259. The minimum Gasteiger partial charge on any atom is -0.383 e. The SMILES string of the molecule is CCc1cccc(C)c1NC(=O)c1nc(C(=O)NCCOC)n2c1CCCC2. The first kappa shape index (κ1) is 20.1. The maximum Gasteiger partial charge on any atom is 0.287 e. The molecular formula is C21H28N4O3. The summed E-state index contributed by atoms with van der Waals surface area (Å²) in [6.45, 7) is 5.58. The number of hydrogen-bond acceptors (Lipinski definition) is 4. The molecule has 0 bridgehead atoms. The third-order valence-electron chi connectivity index (χ3n) is 5.11. The predicted molar refractivity (Wildman–Crippen MR) is 108 cm³/mol. The molecule has 0 atom stereocenters. The molecule has 0 radical (unpaired) electrons. The van der Waals surface area contributed by atoms with Crippen LogP contribution in [0.15, 0.2) is 18.2 Å². The zero-order valence-electron chi connectivity index (χ0n) is 16.8. The van der Waals surface area contributed by atoms with Gasteiger partial charge in [-0.15, -0.1) is 0 Å². The molecule has 1 aliphatic heterocycles. The van der Waals surface area contributed by atoms with Crippen molar-refractivity contribution in [1.82, 2.24) is 14.9 Å². The molecule has 2 heterocycles. The average Bonchev–Trinajstić information content (AvgIpc) is 3.09. The van der Waals surface area contributed by atoms with Crippen LogP contribution in [0.2, 0.25) is 0 Å². The number of nitrogens with zero attached hydrogens (tertiary/aromatic N) is 2. The average molecular weight is 384 g/mol. The van der Waals surface area contributed by atoms with E-state index >= 15 is 0 Å². The van der Waals surface area contributed by atoms with Crippen molar-refractivity contribution in [3.63, 3.8) is 0 Å². The van der Waals surface area contributed by atoms with Crippen molar-refractivity contribution in [1.29, 1.82) is 0 Å². The van der Waals surface area contributed by atoms with Gasteiger partial charge >= 0.3 is 0 Å². The van der Waals surface area contributed by atoms with Gasteiger partial charge in [-0.1, -0.05) is 25.1 Å². The number of ether oxygens (including phenoxy) is 1. The molecule has 2 N–H and O–H groups in total. The lowest BCUT2D eigenvalue weighted by Crippen LogP contribution is -2.30. The van der Waals surface area contributed by atoms with Crippen molar-refractivity contribution >= 4 is 17.5 Å². The normalized spacial score (nSPS) is 13.1. The monoisotopic (exact) mass is 384 g/mol. The van der Waals surface area contributed by atoms with E-state index in [1.165, 1.54) is 0 Å². The molecule has 0 spiro atoms. The van der Waals surface area contributed by atoms with Gasteiger partial charge in [-0.05, 0) is 43.7 Å². The van der Waals surface area contributed by atoms with E-state index < -0.39 is 0 Å². The van der Waals surface area contributed by atoms with Crippen molar-refractivity contribution in [2.75, 3.05) is 25.6 Å². The first-order chi connectivity index (χ1) is 13.6. The number of carbonyl (C=O) groups excluding carboxylic acids is 2. The number of hydrogen-bond donors (Lipinski definition) is 2. The maximum absolute atomic E-state index is 13.1. The van der Waals surface area contributed by atoms with Crippen LogP contribution in [0, 0.1) is 6.92 Å². The van der Waals surface area contributed by atoms with Gasteiger partial charge in [0.1, 0.15) is 0 Å². The van der Waals surface area contributed by atoms with Gasteiger partial charge in [-0.2, -0.15) is 0 Å². The van der Waals surface area contributed by atoms with Crippen LogP contribution in [-0.2, 0) is 24.1 Å². The number of methoxy groups -OCH3 is 1. The van der Waals surface area contributed by atoms with E-state index in [1.807, 2.05) is 29.7 Å². The van der Waals surface area contributed by atoms with Gasteiger partial charge in [0.2, 0.25) is 0 Å². The molecule has 0 unspecified atom stereocenters. The van der Waals surface area contributed by atoms with E-state index in [9.17, 15) is 9.59 Å². The number of anilines is 1. The lowest BCUT2D eigenvalue weighted by Gasteiger charge is -2.17. The summed E-state index contributed by atoms with van der Waals surface area (Å²) in [7, 11) is 1.59. The van der Waals surface area contributed by atoms with Gasteiger partial charge in [0.15, 0.2) is 11.5 Å². The van der Waals surface area contributed by atoms with Crippen LogP contribution in [0.4, 0.5) is 5.69 Å². The van der Waals surface area contributed by atoms with Crippen LogP contribution in [0.25, 0.3) is 0 Å². The summed E-state index contributed by atoms with van der Waals surface area (Å²) in [6, 6.07) is 5.98. The first-order valence-electron chi connectivity index (χ1n) is 9.83. The van der Waals surface area contributed by atoms with Gasteiger partial charge in [-0.3, -0.25) is 9.59 Å². The number of aromatic nitrogens is 2. The molecule has 3 rings (SSSR count). The smallest absolute Gasteiger partial charge is 0.287 e. The lowest BCUT2D eigenvalue weighted by molar-refractivity contribution is 0.0921. The maximum atomic E-state index is 13.1. The van der Waals surface area contributed by atoms with Gasteiger partial charge in [0, 0.05) is 25.9 Å². The summed E-state index contributed by atoms with van der Waals surface area (Å²) in [5.41, 5.74) is 4.12. The Labute approximate surface area is 165 Å². The van der Waals surface area contributed by atoms with Crippen LogP contribution in [0.5, 0.6) is 0 Å². The Morgan fingerprint density at radius 3 is 2.82 bits per heavy atom. The summed E-state index contributed by atoms with van der Waals surface area (Å²) in [5, 5.41) is 5.83. The van der Waals surface area contributed by atoms with Gasteiger partial charge in [0.05, 0.1) is 12.3 Å². The fraction of sp³-hybridized carbons (Fsp3) is 0.476. The number of aryl methyl sites for hydroxylation is 2. The number of carbonyl (C=O) groups is 2. The van der Waals surface area contributed by atoms with Crippen molar-refractivity contribution in [2.24, 2.45) is 0 Å². The second kappa shape index (κ2) is 9.01. The van der Waals surface area contributed by atoms with Crippen LogP contribution in [0.1, 0.15) is 57.7 Å². The number of fused-ring (bicyclic) bond motifs is 1. The van der Waals surface area contributed by atoms with Gasteiger partial charge in [0.25, 0.3) is 11.8 Å². The van der Waals surface area contributed by atoms with Crippen LogP contribution >= 0.6 is 0 Å². The molecule has 1 aromatic heterocycles. The second-order valence-corrected chi connectivity index (χ2v) is 7.00. The largest absolute Gasteiger partial charge is 0.383 e. The molecule has 2 aromatic rings. The number of amides is 2. The zero-order valence-corrected chi connectivity index (χ0v) is 16.8. The van der Waals surface area contributed by atoms with E-state index in [-0.39, 0.29) is 11.8 Å². The third-order valence-corrected chi connectivity index (χ3v) is 5.11. The van der Waals surface area contributed by atoms with Crippen LogP contribution < -0.4 is 10.6 Å². The number of imidazole rings is 1. The molecule has 0 saturated carbocycles. The Hall–Kier alpha value is -2.67. The quantitative estimate of drug-likeness (QED) is 0.719. The molecule has 0 fully saturated rings. The first-order valence-corrected chi connectivity index (χ1v) is 9.83. The number of rotatable bonds is 7. The highest BCUT2D eigenvalue weighted by Gasteiger charge is 2.27. The second-order valence-electron chi connectivity index (χ2n) is 7.00. The Morgan fingerprint density at radius 2 is 2.07 bits per heavy atom. The third kappa shape index (κ3) is 4.09. The van der Waals surface area contributed by atoms with Gasteiger partial charge in [-0.25, -0.2) is 4.98 Å². The number of para-hydroxylation sites is 1. The predicted octanol–water partition coefficient (Wildman–Crippen LogP) is 2.72. The number of nitrogens with one attached hydrogen (secondary N) is 2. The molecule has 0 saturated heterocycles. The standard InChI is InChI=1S/C21H28N4O3/c1-4-15-9-7-8-14(2)17(15)24-20(26)18-16-10-5-6-12-25(16)19(23-18)21(27)22-11-13-28-3/h7-9H,4-6,10-13H2,1-3H3,(H,22,27)(H,24,26). The molecule has 2 amide bonds. The molecule has 1 aromatic carbocycles. The van der Waals surface area contributed by atoms with Crippen LogP contribution in [0.3, 0.4) is 0 Å². The van der Waals surface area contributed by atoms with Crippen molar-refractivity contribution < 1.29 is 14.3 Å². The molecular weight excluding hydrogens is 356 g/mol. The summed E-state index contributed by atoms with van der Waals surface area (Å²) in [4.78, 5) is 30.1. The highest BCUT2D eigenvalue weighted by atomic mass is 16.5. The summed E-state index contributed by atoms with van der Waals surface area (Å²) >= 11 is 0. The Morgan fingerprint density at radius 1 is 1.25 bits per heavy atom. The van der Waals surface area contributed by atoms with E-state index in [2.05, 4.69) is 22.5 Å². The summed E-state index contributed by atoms with van der Waals surface area (Å²) in [5.74, 6) is -0.230. The van der Waals surface area contributed by atoms with Crippen molar-refractivity contribution in [3.05, 3.63) is 46.5 Å². The lowest BCUT2D eigenvalue weighted by atomic mass is 10.0.